The fraction of sp³-hybridized carbons (Fsp3) is 0.581. The average molecular weight is 684 g/mol. The molecule has 2 amide bonds. The Morgan fingerprint density at radius 3 is 2.45 bits per heavy atom. The van der Waals surface area contributed by atoms with Gasteiger partial charge < -0.3 is 20.1 Å². The van der Waals surface area contributed by atoms with E-state index in [-0.39, 0.29) is 24.1 Å². The number of ether oxygens (including phenoxy) is 2. The van der Waals surface area contributed by atoms with Crippen LogP contribution in [0.5, 0.6) is 0 Å². The Kier molecular flexibility index (Phi) is 14.4. The summed E-state index contributed by atoms with van der Waals surface area (Å²) in [7, 11) is 1.65. The minimum atomic E-state index is -0.580. The van der Waals surface area contributed by atoms with E-state index in [4.69, 9.17) is 14.5 Å². The standard InChI is InChI=1S/C27H35BrN4O4S2.2C2H6/c1-15-13-18-22(24-30-19-14-17(28)7-8-20(19)37-24)25(31-21(33)9-10-29-11-12-35-6)38-23(18)16(2)32(15)26(34)36-27(3,4)5;2*1-2/h7-8,14-16,29H,9-13H2,1-6H3,(H,31,33);2*1-2H3. The zero-order valence-corrected chi connectivity index (χ0v) is 29.9. The highest BCUT2D eigenvalue weighted by molar-refractivity contribution is 9.10. The van der Waals surface area contributed by atoms with Crippen molar-refractivity contribution in [3.05, 3.63) is 33.1 Å². The van der Waals surface area contributed by atoms with E-state index in [1.165, 1.54) is 11.3 Å². The number of carbonyl (C=O) groups excluding carboxylic acids is 2. The molecule has 234 valence electrons. The summed E-state index contributed by atoms with van der Waals surface area (Å²) >= 11 is 6.68. The first-order chi connectivity index (χ1) is 20.0. The molecule has 2 atom stereocenters. The Morgan fingerprint density at radius 1 is 1.12 bits per heavy atom. The maximum absolute atomic E-state index is 13.1. The molecular formula is C31H47BrN4O4S2. The summed E-state index contributed by atoms with van der Waals surface area (Å²) in [4.78, 5) is 33.9. The third-order valence-corrected chi connectivity index (χ3v) is 9.11. The van der Waals surface area contributed by atoms with E-state index in [1.54, 1.807) is 18.4 Å². The Bertz CT molecular complexity index is 1320. The molecule has 0 saturated carbocycles. The minimum absolute atomic E-state index is 0.0664. The Morgan fingerprint density at radius 2 is 1.81 bits per heavy atom. The van der Waals surface area contributed by atoms with Crippen molar-refractivity contribution in [1.29, 1.82) is 0 Å². The van der Waals surface area contributed by atoms with Crippen molar-refractivity contribution >= 4 is 65.8 Å². The van der Waals surface area contributed by atoms with Gasteiger partial charge in [-0.3, -0.25) is 9.69 Å². The van der Waals surface area contributed by atoms with Gasteiger partial charge in [-0.15, -0.1) is 22.7 Å². The molecule has 1 aliphatic heterocycles. The molecule has 8 nitrogen and oxygen atoms in total. The highest BCUT2D eigenvalue weighted by Crippen LogP contribution is 2.50. The number of hydrogen-bond donors (Lipinski definition) is 2. The van der Waals surface area contributed by atoms with Gasteiger partial charge in [-0.05, 0) is 64.8 Å². The molecule has 2 aromatic heterocycles. The number of rotatable bonds is 8. The van der Waals surface area contributed by atoms with E-state index in [9.17, 15) is 9.59 Å². The van der Waals surface area contributed by atoms with Crippen LogP contribution in [0, 0.1) is 0 Å². The molecule has 11 heteroatoms. The van der Waals surface area contributed by atoms with E-state index in [1.807, 2.05) is 79.3 Å². The number of fused-ring (bicyclic) bond motifs is 2. The molecule has 0 fully saturated rings. The molecule has 0 radical (unpaired) electrons. The van der Waals surface area contributed by atoms with Crippen LogP contribution in [0.2, 0.25) is 0 Å². The number of hydrogen-bond acceptors (Lipinski definition) is 8. The van der Waals surface area contributed by atoms with Crippen LogP contribution in [-0.2, 0) is 20.7 Å². The molecule has 2 unspecified atom stereocenters. The first-order valence-electron chi connectivity index (χ1n) is 14.7. The number of nitrogens with one attached hydrogen (secondary N) is 2. The van der Waals surface area contributed by atoms with Gasteiger partial charge in [0.15, 0.2) is 0 Å². The largest absolute Gasteiger partial charge is 0.444 e. The number of thiazole rings is 1. The summed E-state index contributed by atoms with van der Waals surface area (Å²) in [5.74, 6) is -0.0664. The van der Waals surface area contributed by atoms with Crippen molar-refractivity contribution in [2.75, 3.05) is 32.1 Å². The van der Waals surface area contributed by atoms with Crippen LogP contribution in [0.3, 0.4) is 0 Å². The van der Waals surface area contributed by atoms with Gasteiger partial charge in [0.05, 0.1) is 22.9 Å². The van der Waals surface area contributed by atoms with Gasteiger partial charge in [-0.25, -0.2) is 9.78 Å². The molecule has 4 rings (SSSR count). The maximum atomic E-state index is 13.1. The van der Waals surface area contributed by atoms with Gasteiger partial charge >= 0.3 is 6.09 Å². The number of anilines is 1. The number of benzene rings is 1. The lowest BCUT2D eigenvalue weighted by Crippen LogP contribution is -2.46. The number of halogens is 1. The molecular weight excluding hydrogens is 636 g/mol. The third-order valence-electron chi connectivity index (χ3n) is 6.24. The normalized spacial score (nSPS) is 16.1. The van der Waals surface area contributed by atoms with Crippen molar-refractivity contribution in [1.82, 2.24) is 15.2 Å². The lowest BCUT2D eigenvalue weighted by molar-refractivity contribution is -0.116. The summed E-state index contributed by atoms with van der Waals surface area (Å²) in [6.07, 6.45) is 0.670. The predicted molar refractivity (Wildman–Crippen MR) is 181 cm³/mol. The summed E-state index contributed by atoms with van der Waals surface area (Å²) in [5.41, 5.74) is 2.43. The molecule has 3 heterocycles. The van der Waals surface area contributed by atoms with Gasteiger partial charge in [0, 0.05) is 47.6 Å². The number of thiophene rings is 1. The smallest absolute Gasteiger partial charge is 0.411 e. The number of amides is 2. The van der Waals surface area contributed by atoms with Crippen LogP contribution in [0.25, 0.3) is 20.8 Å². The van der Waals surface area contributed by atoms with E-state index in [0.29, 0.717) is 32.5 Å². The zero-order valence-electron chi connectivity index (χ0n) is 26.6. The van der Waals surface area contributed by atoms with Crippen LogP contribution in [0.4, 0.5) is 9.80 Å². The molecule has 0 aliphatic carbocycles. The van der Waals surface area contributed by atoms with Crippen molar-refractivity contribution in [3.63, 3.8) is 0 Å². The molecule has 0 saturated heterocycles. The summed E-state index contributed by atoms with van der Waals surface area (Å²) in [5, 5.41) is 8.02. The van der Waals surface area contributed by atoms with E-state index < -0.39 is 5.60 Å². The molecule has 0 spiro atoms. The van der Waals surface area contributed by atoms with E-state index in [2.05, 4.69) is 32.6 Å². The number of carbonyl (C=O) groups is 2. The van der Waals surface area contributed by atoms with E-state index >= 15 is 0 Å². The van der Waals surface area contributed by atoms with Crippen molar-refractivity contribution < 1.29 is 19.1 Å². The van der Waals surface area contributed by atoms with Gasteiger partial charge in [0.1, 0.15) is 15.6 Å². The van der Waals surface area contributed by atoms with Crippen LogP contribution in [0.15, 0.2) is 22.7 Å². The second-order valence-corrected chi connectivity index (χ2v) is 13.4. The highest BCUT2D eigenvalue weighted by Gasteiger charge is 2.39. The highest BCUT2D eigenvalue weighted by atomic mass is 79.9. The molecule has 3 aromatic rings. The van der Waals surface area contributed by atoms with Crippen molar-refractivity contribution in [2.24, 2.45) is 0 Å². The van der Waals surface area contributed by atoms with Crippen LogP contribution < -0.4 is 10.6 Å². The Hall–Kier alpha value is -2.05. The summed E-state index contributed by atoms with van der Waals surface area (Å²) in [6.45, 7) is 19.6. The van der Waals surface area contributed by atoms with Gasteiger partial charge in [-0.1, -0.05) is 43.6 Å². The average Bonchev–Trinajstić information content (AvgIpc) is 3.50. The maximum Gasteiger partial charge on any atom is 0.411 e. The van der Waals surface area contributed by atoms with Crippen LogP contribution in [-0.4, -0.2) is 60.3 Å². The lowest BCUT2D eigenvalue weighted by atomic mass is 9.93. The molecule has 1 aliphatic rings. The second kappa shape index (κ2) is 16.7. The Balaban J connectivity index is 0.00000148. The second-order valence-electron chi connectivity index (χ2n) is 10.4. The minimum Gasteiger partial charge on any atom is -0.444 e. The van der Waals surface area contributed by atoms with Gasteiger partial charge in [0.25, 0.3) is 0 Å². The molecule has 42 heavy (non-hydrogen) atoms. The molecule has 0 bridgehead atoms. The lowest BCUT2D eigenvalue weighted by Gasteiger charge is -2.39. The quantitative estimate of drug-likeness (QED) is 0.231. The van der Waals surface area contributed by atoms with Crippen molar-refractivity contribution in [3.8, 4) is 10.6 Å². The number of aromatic nitrogens is 1. The Labute approximate surface area is 267 Å². The SMILES string of the molecule is CC.CC.COCCNCCC(=O)Nc1sc2c(c1-c1nc3cc(Br)ccc3s1)CC(C)N(C(=O)OC(C)(C)C)C2C. The van der Waals surface area contributed by atoms with Crippen LogP contribution in [0.1, 0.15) is 85.2 Å². The topological polar surface area (TPSA) is 92.8 Å². The van der Waals surface area contributed by atoms with E-state index in [0.717, 1.165) is 40.7 Å². The molecule has 1 aromatic carbocycles. The monoisotopic (exact) mass is 682 g/mol. The first-order valence-corrected chi connectivity index (χ1v) is 17.1. The van der Waals surface area contributed by atoms with Gasteiger partial charge in [0.2, 0.25) is 5.91 Å². The first kappa shape index (κ1) is 36.1. The van der Waals surface area contributed by atoms with Crippen molar-refractivity contribution in [2.45, 2.75) is 92.8 Å². The van der Waals surface area contributed by atoms with Gasteiger partial charge in [-0.2, -0.15) is 0 Å². The summed E-state index contributed by atoms with van der Waals surface area (Å²) < 4.78 is 12.8. The zero-order chi connectivity index (χ0) is 31.6. The number of methoxy groups -OCH3 is 1. The molecule has 2 N–H and O–H groups in total. The fourth-order valence-corrected chi connectivity index (χ4v) is 7.33. The van der Waals surface area contributed by atoms with Crippen LogP contribution >= 0.6 is 38.6 Å². The predicted octanol–water partition coefficient (Wildman–Crippen LogP) is 8.65. The number of nitrogens with zero attached hydrogens (tertiary/aromatic N) is 2. The fourth-order valence-electron chi connectivity index (χ4n) is 4.59. The third kappa shape index (κ3) is 9.22. The summed E-state index contributed by atoms with van der Waals surface area (Å²) in [6, 6.07) is 5.80.